The van der Waals surface area contributed by atoms with Crippen LogP contribution in [0.15, 0.2) is 53.7 Å². The molecule has 0 atom stereocenters. The number of hydrogen-bond acceptors (Lipinski definition) is 3. The second kappa shape index (κ2) is 8.08. The van der Waals surface area contributed by atoms with E-state index in [0.717, 1.165) is 18.7 Å². The monoisotopic (exact) mass is 286 g/mol. The minimum Gasteiger partial charge on any atom is -0.310 e. The second-order valence-corrected chi connectivity index (χ2v) is 6.31. The molecule has 0 radical (unpaired) electrons. The smallest absolute Gasteiger partial charge is 0.0270 e. The molecule has 2 rings (SSSR count). The van der Waals surface area contributed by atoms with Crippen LogP contribution < -0.4 is 5.32 Å². The van der Waals surface area contributed by atoms with Gasteiger partial charge in [0.15, 0.2) is 0 Å². The number of aryl methyl sites for hydroxylation is 1. The van der Waals surface area contributed by atoms with Crippen LogP contribution in [0.25, 0.3) is 0 Å². The van der Waals surface area contributed by atoms with E-state index in [4.69, 9.17) is 0 Å². The van der Waals surface area contributed by atoms with E-state index in [1.807, 2.05) is 24.2 Å². The van der Waals surface area contributed by atoms with Crippen LogP contribution in [0.3, 0.4) is 0 Å². The lowest BCUT2D eigenvalue weighted by molar-refractivity contribution is 0.588. The summed E-state index contributed by atoms with van der Waals surface area (Å²) in [6.45, 7) is 5.29. The molecule has 0 aliphatic rings. The highest BCUT2D eigenvalue weighted by Crippen LogP contribution is 2.20. The van der Waals surface area contributed by atoms with Gasteiger partial charge in [-0.1, -0.05) is 26.0 Å². The average Bonchev–Trinajstić information content (AvgIpc) is 2.47. The first kappa shape index (κ1) is 15.1. The van der Waals surface area contributed by atoms with Gasteiger partial charge in [-0.05, 0) is 41.8 Å². The molecule has 3 heteroatoms. The Morgan fingerprint density at radius 1 is 1.10 bits per heavy atom. The summed E-state index contributed by atoms with van der Waals surface area (Å²) in [6.07, 6.45) is 4.80. The third kappa shape index (κ3) is 5.35. The summed E-state index contributed by atoms with van der Waals surface area (Å²) in [5.41, 5.74) is 2.71. The SMILES string of the molecule is CC(C)NCc1cccc(SCCc2ccncc2)c1. The van der Waals surface area contributed by atoms with E-state index in [9.17, 15) is 0 Å². The van der Waals surface area contributed by atoms with Gasteiger partial charge in [0.05, 0.1) is 0 Å². The van der Waals surface area contributed by atoms with Crippen molar-refractivity contribution in [3.8, 4) is 0 Å². The highest BCUT2D eigenvalue weighted by Gasteiger charge is 1.99. The molecule has 1 N–H and O–H groups in total. The standard InChI is InChI=1S/C17H22N2S/c1-14(2)19-13-16-4-3-5-17(12-16)20-11-8-15-6-9-18-10-7-15/h3-7,9-10,12,14,19H,8,11,13H2,1-2H3. The lowest BCUT2D eigenvalue weighted by Crippen LogP contribution is -2.21. The molecular weight excluding hydrogens is 264 g/mol. The fraction of sp³-hybridized carbons (Fsp3) is 0.353. The Balaban J connectivity index is 1.82. The van der Waals surface area contributed by atoms with Gasteiger partial charge >= 0.3 is 0 Å². The van der Waals surface area contributed by atoms with Crippen LogP contribution in [-0.4, -0.2) is 16.8 Å². The second-order valence-electron chi connectivity index (χ2n) is 5.14. The van der Waals surface area contributed by atoms with Crippen LogP contribution in [0.5, 0.6) is 0 Å². The molecule has 20 heavy (non-hydrogen) atoms. The summed E-state index contributed by atoms with van der Waals surface area (Å²) in [7, 11) is 0. The van der Waals surface area contributed by atoms with Crippen LogP contribution in [0.1, 0.15) is 25.0 Å². The van der Waals surface area contributed by atoms with E-state index in [1.54, 1.807) is 0 Å². The summed E-state index contributed by atoms with van der Waals surface area (Å²) in [5, 5.41) is 3.45. The van der Waals surface area contributed by atoms with Gasteiger partial charge in [0.1, 0.15) is 0 Å². The van der Waals surface area contributed by atoms with Crippen molar-refractivity contribution in [1.82, 2.24) is 10.3 Å². The minimum atomic E-state index is 0.526. The van der Waals surface area contributed by atoms with Gasteiger partial charge in [0, 0.05) is 35.6 Å². The normalized spacial score (nSPS) is 10.9. The summed E-state index contributed by atoms with van der Waals surface area (Å²) in [6, 6.07) is 13.5. The van der Waals surface area contributed by atoms with Gasteiger partial charge in [0.2, 0.25) is 0 Å². The molecule has 1 aromatic carbocycles. The minimum absolute atomic E-state index is 0.526. The molecule has 0 bridgehead atoms. The van der Waals surface area contributed by atoms with Crippen molar-refractivity contribution in [1.29, 1.82) is 0 Å². The van der Waals surface area contributed by atoms with Gasteiger partial charge in [-0.3, -0.25) is 4.98 Å². The van der Waals surface area contributed by atoms with Crippen molar-refractivity contribution in [2.24, 2.45) is 0 Å². The molecule has 0 aliphatic carbocycles. The van der Waals surface area contributed by atoms with Gasteiger partial charge in [-0.25, -0.2) is 0 Å². The van der Waals surface area contributed by atoms with Crippen LogP contribution in [-0.2, 0) is 13.0 Å². The Morgan fingerprint density at radius 3 is 2.65 bits per heavy atom. The number of thioether (sulfide) groups is 1. The molecule has 0 saturated heterocycles. The van der Waals surface area contributed by atoms with Gasteiger partial charge in [-0.15, -0.1) is 11.8 Å². The molecule has 1 aromatic heterocycles. The Labute approximate surface area is 126 Å². The van der Waals surface area contributed by atoms with E-state index < -0.39 is 0 Å². The quantitative estimate of drug-likeness (QED) is 0.781. The van der Waals surface area contributed by atoms with Crippen molar-refractivity contribution < 1.29 is 0 Å². The number of nitrogens with one attached hydrogen (secondary N) is 1. The van der Waals surface area contributed by atoms with Crippen LogP contribution >= 0.6 is 11.8 Å². The average molecular weight is 286 g/mol. The molecule has 0 unspecified atom stereocenters. The van der Waals surface area contributed by atoms with E-state index in [1.165, 1.54) is 16.0 Å². The topological polar surface area (TPSA) is 24.9 Å². The first-order valence-corrected chi connectivity index (χ1v) is 8.06. The molecule has 1 heterocycles. The van der Waals surface area contributed by atoms with E-state index in [-0.39, 0.29) is 0 Å². The predicted octanol–water partition coefficient (Wildman–Crippen LogP) is 3.91. The lowest BCUT2D eigenvalue weighted by Gasteiger charge is -2.09. The number of hydrogen-bond donors (Lipinski definition) is 1. The summed E-state index contributed by atoms with van der Waals surface area (Å²) >= 11 is 1.92. The summed E-state index contributed by atoms with van der Waals surface area (Å²) in [5.74, 6) is 1.10. The molecule has 0 amide bonds. The number of benzene rings is 1. The van der Waals surface area contributed by atoms with Crippen molar-refractivity contribution in [2.75, 3.05) is 5.75 Å². The first-order chi connectivity index (χ1) is 9.74. The van der Waals surface area contributed by atoms with Crippen molar-refractivity contribution in [3.63, 3.8) is 0 Å². The number of rotatable bonds is 7. The van der Waals surface area contributed by atoms with Crippen LogP contribution in [0, 0.1) is 0 Å². The predicted molar refractivity (Wildman–Crippen MR) is 87.1 cm³/mol. The fourth-order valence-corrected chi connectivity index (χ4v) is 2.89. The molecule has 0 spiro atoms. The molecule has 0 saturated carbocycles. The van der Waals surface area contributed by atoms with E-state index in [2.05, 4.69) is 60.5 Å². The number of pyridine rings is 1. The highest BCUT2D eigenvalue weighted by atomic mass is 32.2. The van der Waals surface area contributed by atoms with E-state index in [0.29, 0.717) is 6.04 Å². The Morgan fingerprint density at radius 2 is 1.90 bits per heavy atom. The Kier molecular flexibility index (Phi) is 6.09. The molecule has 2 nitrogen and oxygen atoms in total. The molecule has 0 aliphatic heterocycles. The number of nitrogens with zero attached hydrogens (tertiary/aromatic N) is 1. The van der Waals surface area contributed by atoms with Crippen molar-refractivity contribution >= 4 is 11.8 Å². The van der Waals surface area contributed by atoms with Crippen LogP contribution in [0.2, 0.25) is 0 Å². The third-order valence-corrected chi connectivity index (χ3v) is 4.02. The maximum absolute atomic E-state index is 4.04. The first-order valence-electron chi connectivity index (χ1n) is 7.08. The molecular formula is C17H22N2S. The lowest BCUT2D eigenvalue weighted by atomic mass is 10.2. The summed E-state index contributed by atoms with van der Waals surface area (Å²) < 4.78 is 0. The zero-order valence-corrected chi connectivity index (χ0v) is 13.0. The highest BCUT2D eigenvalue weighted by molar-refractivity contribution is 7.99. The fourth-order valence-electron chi connectivity index (χ4n) is 1.90. The van der Waals surface area contributed by atoms with Crippen molar-refractivity contribution in [3.05, 3.63) is 59.9 Å². The van der Waals surface area contributed by atoms with Gasteiger partial charge in [-0.2, -0.15) is 0 Å². The Hall–Kier alpha value is -1.32. The zero-order valence-electron chi connectivity index (χ0n) is 12.2. The molecule has 2 aromatic rings. The van der Waals surface area contributed by atoms with Crippen LogP contribution in [0.4, 0.5) is 0 Å². The molecule has 0 fully saturated rings. The molecule has 106 valence electrons. The largest absolute Gasteiger partial charge is 0.310 e. The van der Waals surface area contributed by atoms with Gasteiger partial charge < -0.3 is 5.32 Å². The van der Waals surface area contributed by atoms with Gasteiger partial charge in [0.25, 0.3) is 0 Å². The Bertz CT molecular complexity index is 511. The maximum atomic E-state index is 4.04. The zero-order chi connectivity index (χ0) is 14.2. The third-order valence-electron chi connectivity index (χ3n) is 3.02. The maximum Gasteiger partial charge on any atom is 0.0270 e. The van der Waals surface area contributed by atoms with E-state index >= 15 is 0 Å². The number of aromatic nitrogens is 1. The van der Waals surface area contributed by atoms with Crippen molar-refractivity contribution in [2.45, 2.75) is 37.8 Å². The summed E-state index contributed by atoms with van der Waals surface area (Å²) in [4.78, 5) is 5.39.